The maximum atomic E-state index is 6.46. The summed E-state index contributed by atoms with van der Waals surface area (Å²) in [5.41, 5.74) is 4.90. The van der Waals surface area contributed by atoms with Crippen LogP contribution in [0.25, 0.3) is 0 Å². The molecule has 0 aliphatic rings. The largest absolute Gasteiger partial charge is 0.414 e. The van der Waals surface area contributed by atoms with Gasteiger partial charge in [-0.05, 0) is 41.8 Å². The molecule has 1 atom stereocenters. The van der Waals surface area contributed by atoms with Gasteiger partial charge in [0.05, 0.1) is 19.3 Å². The lowest BCUT2D eigenvalue weighted by Crippen LogP contribution is -2.43. The first-order chi connectivity index (χ1) is 13.1. The molecular formula is C24H42O2Si2. The van der Waals surface area contributed by atoms with Crippen LogP contribution in [0, 0.1) is 11.5 Å². The molecule has 0 aliphatic heterocycles. The molecule has 0 spiro atoms. The fourth-order valence-corrected chi connectivity index (χ4v) is 6.38. The van der Waals surface area contributed by atoms with Crippen molar-refractivity contribution >= 4 is 16.4 Å². The maximum absolute atomic E-state index is 6.46. The monoisotopic (exact) mass is 418 g/mol. The van der Waals surface area contributed by atoms with Crippen molar-refractivity contribution in [3.8, 4) is 11.5 Å². The van der Waals surface area contributed by atoms with Crippen molar-refractivity contribution < 1.29 is 9.16 Å². The molecule has 1 aromatic carbocycles. The van der Waals surface area contributed by atoms with Gasteiger partial charge in [-0.2, -0.15) is 0 Å². The molecule has 0 saturated carbocycles. The minimum Gasteiger partial charge on any atom is -0.414 e. The summed E-state index contributed by atoms with van der Waals surface area (Å²) < 4.78 is 12.7. The summed E-state index contributed by atoms with van der Waals surface area (Å²) in [6, 6.07) is 14.1. The highest BCUT2D eigenvalue weighted by atomic mass is 28.4. The molecule has 0 N–H and O–H groups in total. The average Bonchev–Trinajstić information content (AvgIpc) is 2.67. The number of ether oxygens (including phenoxy) is 1. The molecule has 4 heteroatoms. The Morgan fingerprint density at radius 2 is 1.54 bits per heavy atom. The normalized spacial score (nSPS) is 13.7. The molecule has 0 aliphatic carbocycles. The van der Waals surface area contributed by atoms with E-state index < -0.39 is 16.4 Å². The highest BCUT2D eigenvalue weighted by Gasteiger charge is 2.37. The first-order valence-electron chi connectivity index (χ1n) is 10.9. The predicted molar refractivity (Wildman–Crippen MR) is 128 cm³/mol. The van der Waals surface area contributed by atoms with Crippen molar-refractivity contribution in [3.63, 3.8) is 0 Å². The Morgan fingerprint density at radius 1 is 0.964 bits per heavy atom. The summed E-state index contributed by atoms with van der Waals surface area (Å²) >= 11 is 0. The van der Waals surface area contributed by atoms with Crippen molar-refractivity contribution in [1.29, 1.82) is 0 Å². The second kappa shape index (κ2) is 11.4. The molecule has 0 bridgehead atoms. The van der Waals surface area contributed by atoms with Crippen LogP contribution in [0.1, 0.15) is 53.5 Å². The Bertz CT molecular complexity index is 611. The summed E-state index contributed by atoms with van der Waals surface area (Å²) in [6.45, 7) is 19.6. The van der Waals surface area contributed by atoms with Crippen molar-refractivity contribution in [2.24, 2.45) is 0 Å². The van der Waals surface area contributed by atoms with Gasteiger partial charge in [-0.1, -0.05) is 71.9 Å². The fraction of sp³-hybridized carbons (Fsp3) is 0.667. The third-order valence-corrected chi connectivity index (χ3v) is 15.7. The number of benzene rings is 1. The Kier molecular flexibility index (Phi) is 10.2. The van der Waals surface area contributed by atoms with E-state index in [1.54, 1.807) is 0 Å². The van der Waals surface area contributed by atoms with Gasteiger partial charge in [-0.15, -0.1) is 11.5 Å². The van der Waals surface area contributed by atoms with E-state index in [0.717, 1.165) is 6.42 Å². The van der Waals surface area contributed by atoms with Gasteiger partial charge in [-0.3, -0.25) is 0 Å². The summed E-state index contributed by atoms with van der Waals surface area (Å²) in [5, 5.41) is 0.206. The standard InChI is InChI=1S/C24H42O2Si2/c1-9-28(10-2,11-3)19-15-18-23(21-26-27(7,8)24(4,5)6)25-20-22-16-13-12-14-17-22/h12-14,16-17,23H,9-11,18,20-21H2,1-8H3/t23-/m1/s1. The van der Waals surface area contributed by atoms with E-state index in [2.05, 4.69) is 90.4 Å². The van der Waals surface area contributed by atoms with Gasteiger partial charge in [0.25, 0.3) is 0 Å². The third kappa shape index (κ3) is 7.87. The van der Waals surface area contributed by atoms with Crippen LogP contribution in [0.15, 0.2) is 30.3 Å². The average molecular weight is 419 g/mol. The van der Waals surface area contributed by atoms with Crippen LogP contribution in [0.2, 0.25) is 36.3 Å². The summed E-state index contributed by atoms with van der Waals surface area (Å²) in [4.78, 5) is 0. The van der Waals surface area contributed by atoms with Crippen LogP contribution in [0.5, 0.6) is 0 Å². The van der Waals surface area contributed by atoms with Gasteiger partial charge in [0, 0.05) is 6.42 Å². The zero-order valence-electron chi connectivity index (χ0n) is 19.5. The highest BCUT2D eigenvalue weighted by Crippen LogP contribution is 2.36. The van der Waals surface area contributed by atoms with Crippen LogP contribution in [-0.4, -0.2) is 29.1 Å². The van der Waals surface area contributed by atoms with Gasteiger partial charge >= 0.3 is 0 Å². The smallest absolute Gasteiger partial charge is 0.192 e. The molecule has 1 aromatic rings. The lowest BCUT2D eigenvalue weighted by Gasteiger charge is -2.37. The first kappa shape index (κ1) is 25.2. The first-order valence-corrected chi connectivity index (χ1v) is 16.4. The van der Waals surface area contributed by atoms with E-state index in [4.69, 9.17) is 9.16 Å². The SMILES string of the molecule is CC[Si](C#CC[C@H](CO[Si](C)(C)C(C)(C)C)OCc1ccccc1)(CC)CC. The summed E-state index contributed by atoms with van der Waals surface area (Å²) in [5.74, 6) is 3.51. The number of hydrogen-bond donors (Lipinski definition) is 0. The third-order valence-electron chi connectivity index (χ3n) is 6.48. The lowest BCUT2D eigenvalue weighted by atomic mass is 10.2. The van der Waals surface area contributed by atoms with Crippen LogP contribution >= 0.6 is 0 Å². The maximum Gasteiger partial charge on any atom is 0.192 e. The lowest BCUT2D eigenvalue weighted by molar-refractivity contribution is 0.00937. The van der Waals surface area contributed by atoms with E-state index in [-0.39, 0.29) is 11.1 Å². The van der Waals surface area contributed by atoms with E-state index >= 15 is 0 Å². The molecule has 0 heterocycles. The topological polar surface area (TPSA) is 18.5 Å². The molecule has 158 valence electrons. The van der Waals surface area contributed by atoms with E-state index in [9.17, 15) is 0 Å². The Balaban J connectivity index is 2.83. The molecule has 1 rings (SSSR count). The van der Waals surface area contributed by atoms with E-state index in [0.29, 0.717) is 13.2 Å². The van der Waals surface area contributed by atoms with Crippen molar-refractivity contribution in [2.75, 3.05) is 6.61 Å². The zero-order valence-corrected chi connectivity index (χ0v) is 21.5. The molecule has 0 amide bonds. The Morgan fingerprint density at radius 3 is 2.04 bits per heavy atom. The van der Waals surface area contributed by atoms with Gasteiger partial charge in [0.2, 0.25) is 0 Å². The molecule has 2 nitrogen and oxygen atoms in total. The second-order valence-corrected chi connectivity index (χ2v) is 19.1. The fourth-order valence-electron chi connectivity index (χ4n) is 2.84. The van der Waals surface area contributed by atoms with Gasteiger partial charge in [-0.25, -0.2) is 0 Å². The van der Waals surface area contributed by atoms with Crippen molar-refractivity contribution in [3.05, 3.63) is 35.9 Å². The Labute approximate surface area is 176 Å². The van der Waals surface area contributed by atoms with Crippen LogP contribution in [-0.2, 0) is 15.8 Å². The molecular weight excluding hydrogens is 376 g/mol. The molecule has 0 radical (unpaired) electrons. The molecule has 0 aromatic heterocycles. The number of rotatable bonds is 10. The molecule has 0 saturated heterocycles. The van der Waals surface area contributed by atoms with E-state index in [1.807, 2.05) is 6.07 Å². The van der Waals surface area contributed by atoms with E-state index in [1.165, 1.54) is 23.7 Å². The van der Waals surface area contributed by atoms with Gasteiger partial charge < -0.3 is 9.16 Å². The summed E-state index contributed by atoms with van der Waals surface area (Å²) in [6.07, 6.45) is 0.787. The number of hydrogen-bond acceptors (Lipinski definition) is 2. The van der Waals surface area contributed by atoms with Gasteiger partial charge in [0.15, 0.2) is 8.32 Å². The zero-order chi connectivity index (χ0) is 21.3. The Hall–Kier alpha value is -0.866. The molecule has 28 heavy (non-hydrogen) atoms. The van der Waals surface area contributed by atoms with Crippen LogP contribution < -0.4 is 0 Å². The van der Waals surface area contributed by atoms with Crippen molar-refractivity contribution in [1.82, 2.24) is 0 Å². The molecule has 0 fully saturated rings. The highest BCUT2D eigenvalue weighted by molar-refractivity contribution is 6.87. The second-order valence-electron chi connectivity index (χ2n) is 9.34. The van der Waals surface area contributed by atoms with Crippen LogP contribution in [0.4, 0.5) is 0 Å². The quantitative estimate of drug-likeness (QED) is 0.300. The summed E-state index contributed by atoms with van der Waals surface area (Å²) in [7, 11) is -3.20. The predicted octanol–water partition coefficient (Wildman–Crippen LogP) is 7.03. The minimum atomic E-state index is -1.79. The minimum absolute atomic E-state index is 0.0269. The van der Waals surface area contributed by atoms with Crippen LogP contribution in [0.3, 0.4) is 0 Å². The molecule has 0 unspecified atom stereocenters. The van der Waals surface area contributed by atoms with Crippen molar-refractivity contribution in [2.45, 2.75) is 96.9 Å². The van der Waals surface area contributed by atoms with Gasteiger partial charge in [0.1, 0.15) is 8.07 Å².